The number of nitrogens with one attached hydrogen (secondary N) is 1. The molecule has 3 aromatic carbocycles. The van der Waals surface area contributed by atoms with Gasteiger partial charge in [0.2, 0.25) is 10.0 Å². The van der Waals surface area contributed by atoms with E-state index in [1.807, 2.05) is 37.3 Å². The summed E-state index contributed by atoms with van der Waals surface area (Å²) in [6.45, 7) is 5.05. The van der Waals surface area contributed by atoms with Gasteiger partial charge in [0.1, 0.15) is 0 Å². The van der Waals surface area contributed by atoms with E-state index in [0.717, 1.165) is 30.5 Å². The van der Waals surface area contributed by atoms with Crippen LogP contribution in [-0.4, -0.2) is 49.7 Å². The normalized spacial score (nSPS) is 17.6. The summed E-state index contributed by atoms with van der Waals surface area (Å²) >= 11 is 0. The van der Waals surface area contributed by atoms with E-state index < -0.39 is 10.0 Å². The Morgan fingerprint density at radius 3 is 2.24 bits per heavy atom. The van der Waals surface area contributed by atoms with E-state index in [9.17, 15) is 13.2 Å². The number of carbonyl (C=O) groups excluding carboxylic acids is 1. The molecule has 7 heteroatoms. The van der Waals surface area contributed by atoms with E-state index in [1.165, 1.54) is 24.0 Å². The topological polar surface area (TPSA) is 69.7 Å². The van der Waals surface area contributed by atoms with Crippen LogP contribution in [0.2, 0.25) is 0 Å². The molecule has 1 atom stereocenters. The molecule has 1 unspecified atom stereocenters. The number of aryl methyl sites for hydroxylation is 2. The number of benzene rings is 3. The van der Waals surface area contributed by atoms with Crippen LogP contribution in [0.1, 0.15) is 58.4 Å². The van der Waals surface area contributed by atoms with Crippen LogP contribution in [-0.2, 0) is 29.4 Å². The van der Waals surface area contributed by atoms with Gasteiger partial charge in [0, 0.05) is 38.3 Å². The summed E-state index contributed by atoms with van der Waals surface area (Å²) in [5.74, 6) is -0.0727. The fourth-order valence-electron chi connectivity index (χ4n) is 5.28. The summed E-state index contributed by atoms with van der Waals surface area (Å²) in [7, 11) is -3.45. The molecule has 5 rings (SSSR count). The molecule has 1 amide bonds. The zero-order valence-electron chi connectivity index (χ0n) is 21.4. The Morgan fingerprint density at radius 1 is 0.865 bits per heavy atom. The fourth-order valence-corrected chi connectivity index (χ4v) is 6.72. The van der Waals surface area contributed by atoms with Crippen molar-refractivity contribution in [2.45, 2.75) is 50.1 Å². The first-order valence-corrected chi connectivity index (χ1v) is 14.6. The second-order valence-electron chi connectivity index (χ2n) is 10.1. The zero-order valence-corrected chi connectivity index (χ0v) is 22.2. The van der Waals surface area contributed by atoms with Crippen LogP contribution >= 0.6 is 0 Å². The Bertz CT molecular complexity index is 1330. The minimum absolute atomic E-state index is 0.0529. The second kappa shape index (κ2) is 11.2. The first kappa shape index (κ1) is 25.6. The highest BCUT2D eigenvalue weighted by Gasteiger charge is 2.28. The number of nitrogens with zero attached hydrogens (tertiary/aromatic N) is 2. The molecule has 1 fully saturated rings. The maximum Gasteiger partial charge on any atom is 0.251 e. The van der Waals surface area contributed by atoms with Crippen molar-refractivity contribution in [3.8, 4) is 0 Å². The average Bonchev–Trinajstić information content (AvgIpc) is 2.94. The van der Waals surface area contributed by atoms with Gasteiger partial charge in [-0.05, 0) is 79.1 Å². The van der Waals surface area contributed by atoms with Gasteiger partial charge in [-0.15, -0.1) is 0 Å². The maximum absolute atomic E-state index is 12.9. The quantitative estimate of drug-likeness (QED) is 0.499. The summed E-state index contributed by atoms with van der Waals surface area (Å²) in [6.07, 6.45) is 4.79. The predicted molar refractivity (Wildman–Crippen MR) is 146 cm³/mol. The van der Waals surface area contributed by atoms with Crippen molar-refractivity contribution < 1.29 is 13.2 Å². The molecule has 1 heterocycles. The molecule has 0 saturated carbocycles. The number of piperazine rings is 1. The number of hydrogen-bond donors (Lipinski definition) is 1. The van der Waals surface area contributed by atoms with E-state index in [-0.39, 0.29) is 11.9 Å². The van der Waals surface area contributed by atoms with Crippen LogP contribution in [0.4, 0.5) is 0 Å². The van der Waals surface area contributed by atoms with Gasteiger partial charge in [-0.1, -0.05) is 48.5 Å². The maximum atomic E-state index is 12.9. The van der Waals surface area contributed by atoms with Gasteiger partial charge in [0.15, 0.2) is 0 Å². The highest BCUT2D eigenvalue weighted by molar-refractivity contribution is 7.89. The van der Waals surface area contributed by atoms with Crippen molar-refractivity contribution in [1.29, 1.82) is 0 Å². The molecule has 3 aromatic rings. The van der Waals surface area contributed by atoms with Gasteiger partial charge in [0.05, 0.1) is 10.9 Å². The van der Waals surface area contributed by atoms with Crippen LogP contribution in [0, 0.1) is 0 Å². The molecular formula is C30H35N3O3S. The SMILES string of the molecule is CC(NC(=O)c1ccc(CN2CCN(S(=O)(=O)c3ccccc3)CC2)cc1)c1ccc2c(c1)CCCC2. The summed E-state index contributed by atoms with van der Waals surface area (Å²) in [4.78, 5) is 15.5. The highest BCUT2D eigenvalue weighted by atomic mass is 32.2. The minimum atomic E-state index is -3.45. The molecule has 0 bridgehead atoms. The van der Waals surface area contributed by atoms with Crippen molar-refractivity contribution in [2.75, 3.05) is 26.2 Å². The van der Waals surface area contributed by atoms with Crippen LogP contribution in [0.15, 0.2) is 77.7 Å². The predicted octanol–water partition coefficient (Wildman–Crippen LogP) is 4.56. The average molecular weight is 518 g/mol. The number of sulfonamides is 1. The summed E-state index contributed by atoms with van der Waals surface area (Å²) in [5, 5.41) is 3.14. The molecule has 0 radical (unpaired) electrons. The lowest BCUT2D eigenvalue weighted by Crippen LogP contribution is -2.48. The highest BCUT2D eigenvalue weighted by Crippen LogP contribution is 2.25. The molecule has 1 saturated heterocycles. The number of rotatable bonds is 7. The molecule has 37 heavy (non-hydrogen) atoms. The Kier molecular flexibility index (Phi) is 7.74. The second-order valence-corrected chi connectivity index (χ2v) is 12.1. The van der Waals surface area contributed by atoms with E-state index in [2.05, 4.69) is 28.4 Å². The van der Waals surface area contributed by atoms with Gasteiger partial charge in [-0.3, -0.25) is 9.69 Å². The van der Waals surface area contributed by atoms with Gasteiger partial charge < -0.3 is 5.32 Å². The Labute approximate surface area is 220 Å². The van der Waals surface area contributed by atoms with E-state index >= 15 is 0 Å². The van der Waals surface area contributed by atoms with Crippen molar-refractivity contribution in [1.82, 2.24) is 14.5 Å². The van der Waals surface area contributed by atoms with Crippen molar-refractivity contribution in [3.63, 3.8) is 0 Å². The first-order chi connectivity index (χ1) is 17.9. The summed E-state index contributed by atoms with van der Waals surface area (Å²) in [5.41, 5.74) is 5.78. The molecule has 1 aliphatic carbocycles. The largest absolute Gasteiger partial charge is 0.346 e. The number of amides is 1. The van der Waals surface area contributed by atoms with Crippen molar-refractivity contribution in [2.24, 2.45) is 0 Å². The molecule has 2 aliphatic rings. The summed E-state index contributed by atoms with van der Waals surface area (Å²) in [6, 6.07) is 22.9. The van der Waals surface area contributed by atoms with E-state index in [4.69, 9.17) is 0 Å². The third-order valence-corrected chi connectivity index (χ3v) is 9.47. The Morgan fingerprint density at radius 2 is 1.54 bits per heavy atom. The van der Waals surface area contributed by atoms with Crippen LogP contribution < -0.4 is 5.32 Å². The molecule has 1 N–H and O–H groups in total. The van der Waals surface area contributed by atoms with Crippen molar-refractivity contribution in [3.05, 3.63) is 101 Å². The van der Waals surface area contributed by atoms with Gasteiger partial charge in [-0.25, -0.2) is 8.42 Å². The Hall–Kier alpha value is -3.00. The van der Waals surface area contributed by atoms with Crippen LogP contribution in [0.5, 0.6) is 0 Å². The number of hydrogen-bond acceptors (Lipinski definition) is 4. The Balaban J connectivity index is 1.13. The lowest BCUT2D eigenvalue weighted by Gasteiger charge is -2.34. The number of fused-ring (bicyclic) bond motifs is 1. The van der Waals surface area contributed by atoms with Crippen LogP contribution in [0.3, 0.4) is 0 Å². The molecular weight excluding hydrogens is 482 g/mol. The lowest BCUT2D eigenvalue weighted by atomic mass is 9.89. The molecule has 0 aromatic heterocycles. The van der Waals surface area contributed by atoms with Gasteiger partial charge in [-0.2, -0.15) is 4.31 Å². The summed E-state index contributed by atoms with van der Waals surface area (Å²) < 4.78 is 27.3. The molecule has 194 valence electrons. The van der Waals surface area contributed by atoms with Gasteiger partial charge in [0.25, 0.3) is 5.91 Å². The number of carbonyl (C=O) groups is 1. The fraction of sp³-hybridized carbons (Fsp3) is 0.367. The standard InChI is InChI=1S/C30H35N3O3S/c1-23(27-16-15-25-7-5-6-8-28(25)21-27)31-30(34)26-13-11-24(12-14-26)22-32-17-19-33(20-18-32)37(35,36)29-9-3-2-4-10-29/h2-4,9-16,21,23H,5-8,17-20,22H2,1H3,(H,31,34). The van der Waals surface area contributed by atoms with Gasteiger partial charge >= 0.3 is 0 Å². The minimum Gasteiger partial charge on any atom is -0.346 e. The van der Waals surface area contributed by atoms with Crippen molar-refractivity contribution >= 4 is 15.9 Å². The lowest BCUT2D eigenvalue weighted by molar-refractivity contribution is 0.0940. The molecule has 1 aliphatic heterocycles. The van der Waals surface area contributed by atoms with E-state index in [1.54, 1.807) is 28.6 Å². The molecule has 0 spiro atoms. The van der Waals surface area contributed by atoms with Crippen LogP contribution in [0.25, 0.3) is 0 Å². The monoisotopic (exact) mass is 517 g/mol. The third-order valence-electron chi connectivity index (χ3n) is 7.55. The first-order valence-electron chi connectivity index (χ1n) is 13.2. The zero-order chi connectivity index (χ0) is 25.8. The molecule has 6 nitrogen and oxygen atoms in total. The third kappa shape index (κ3) is 5.95. The van der Waals surface area contributed by atoms with E-state index in [0.29, 0.717) is 36.6 Å². The smallest absolute Gasteiger partial charge is 0.251 e.